The summed E-state index contributed by atoms with van der Waals surface area (Å²) >= 11 is 5.80. The van der Waals surface area contributed by atoms with Crippen molar-refractivity contribution in [2.24, 2.45) is 5.92 Å². The van der Waals surface area contributed by atoms with Crippen LogP contribution in [0.2, 0.25) is 0 Å². The minimum Gasteiger partial charge on any atom is -0.331 e. The number of anilines is 2. The van der Waals surface area contributed by atoms with Gasteiger partial charge in [-0.1, -0.05) is 74.9 Å². The zero-order valence-electron chi connectivity index (χ0n) is 41.4. The Balaban J connectivity index is 0.000000186. The van der Waals surface area contributed by atoms with E-state index in [0.29, 0.717) is 18.3 Å². The Morgan fingerprint density at radius 1 is 0.696 bits per heavy atom. The number of amides is 2. The van der Waals surface area contributed by atoms with Crippen LogP contribution < -0.4 is 20.1 Å². The number of sulfonamides is 2. The van der Waals surface area contributed by atoms with Gasteiger partial charge in [0.15, 0.2) is 0 Å². The predicted molar refractivity (Wildman–Crippen MR) is 281 cm³/mol. The molecule has 14 heteroatoms. The molecule has 0 bridgehead atoms. The van der Waals surface area contributed by atoms with Crippen LogP contribution in [0.25, 0.3) is 33.3 Å². The van der Waals surface area contributed by atoms with E-state index in [1.165, 1.54) is 55.2 Å². The molecule has 0 unspecified atom stereocenters. The monoisotopic (exact) mass is 993 g/mol. The molecule has 0 atom stereocenters. The van der Waals surface area contributed by atoms with E-state index in [1.54, 1.807) is 18.2 Å². The summed E-state index contributed by atoms with van der Waals surface area (Å²) in [6, 6.07) is 23.2. The molecule has 4 aromatic carbocycles. The first-order valence-corrected chi connectivity index (χ1v) is 28.0. The number of allylic oxidation sites excluding steroid dienone is 2. The zero-order valence-corrected chi connectivity index (χ0v) is 43.8. The Labute approximate surface area is 414 Å². The molecule has 0 spiro atoms. The minimum atomic E-state index is -3.70. The number of alkyl halides is 1. The number of aryl methyl sites for hydroxylation is 2. The number of hydrogen-bond donors (Lipinski definition) is 4. The maximum atomic E-state index is 13.1. The van der Waals surface area contributed by atoms with Crippen LogP contribution in [0.4, 0.5) is 11.4 Å². The molecular formula is C55H68ClN5O6S2. The van der Waals surface area contributed by atoms with Gasteiger partial charge in [0.2, 0.25) is 31.9 Å². The molecule has 368 valence electrons. The zero-order chi connectivity index (χ0) is 49.6. The van der Waals surface area contributed by atoms with Gasteiger partial charge in [-0.2, -0.15) is 0 Å². The number of aromatic nitrogens is 1. The first kappa shape index (κ1) is 50.6. The second kappa shape index (κ2) is 19.8. The van der Waals surface area contributed by atoms with Gasteiger partial charge in [0.05, 0.1) is 26.7 Å². The fraction of sp³-hybridized carbons (Fsp3) is 0.455. The molecule has 4 N–H and O–H groups in total. The molecule has 4 aliphatic rings. The number of rotatable bonds is 9. The van der Waals surface area contributed by atoms with Crippen molar-refractivity contribution in [3.8, 4) is 11.3 Å². The normalized spacial score (nSPS) is 17.1. The summed E-state index contributed by atoms with van der Waals surface area (Å²) in [5, 5.41) is 7.11. The molecule has 5 aromatic rings. The van der Waals surface area contributed by atoms with Crippen LogP contribution in [0.5, 0.6) is 0 Å². The average molecular weight is 995 g/mol. The summed E-state index contributed by atoms with van der Waals surface area (Å²) in [5.74, 6) is 0.372. The molecule has 69 heavy (non-hydrogen) atoms. The third-order valence-corrected chi connectivity index (χ3v) is 17.3. The molecular weight excluding hydrogens is 926 g/mol. The molecule has 2 fully saturated rings. The molecule has 0 saturated heterocycles. The quantitative estimate of drug-likeness (QED) is 0.108. The second-order valence-corrected chi connectivity index (χ2v) is 25.3. The lowest BCUT2D eigenvalue weighted by Crippen LogP contribution is -2.40. The van der Waals surface area contributed by atoms with E-state index in [9.17, 15) is 26.4 Å². The van der Waals surface area contributed by atoms with Crippen LogP contribution in [-0.2, 0) is 42.6 Å². The average Bonchev–Trinajstić information content (AvgIpc) is 3.76. The smallest absolute Gasteiger partial charge is 0.244 e. The first-order valence-electron chi connectivity index (χ1n) is 24.5. The summed E-state index contributed by atoms with van der Waals surface area (Å²) in [7, 11) is -7.34. The maximum absolute atomic E-state index is 13.1. The van der Waals surface area contributed by atoms with Gasteiger partial charge in [0, 0.05) is 33.3 Å². The lowest BCUT2D eigenvalue weighted by molar-refractivity contribution is -0.116. The Bertz CT molecular complexity index is 3080. The third-order valence-electron chi connectivity index (χ3n) is 13.6. The van der Waals surface area contributed by atoms with Crippen molar-refractivity contribution in [3.05, 3.63) is 106 Å². The Morgan fingerprint density at radius 2 is 1.25 bits per heavy atom. The van der Waals surface area contributed by atoms with Gasteiger partial charge < -0.3 is 15.2 Å². The second-order valence-electron chi connectivity index (χ2n) is 21.6. The van der Waals surface area contributed by atoms with Crippen molar-refractivity contribution in [2.45, 2.75) is 159 Å². The number of carbonyl (C=O) groups excluding carboxylic acids is 2. The largest absolute Gasteiger partial charge is 0.331 e. The van der Waals surface area contributed by atoms with Gasteiger partial charge in [-0.25, -0.2) is 26.3 Å². The van der Waals surface area contributed by atoms with E-state index in [1.807, 2.05) is 90.3 Å². The Morgan fingerprint density at radius 3 is 1.86 bits per heavy atom. The van der Waals surface area contributed by atoms with Crippen LogP contribution in [0.15, 0.2) is 82.6 Å². The molecule has 3 aliphatic carbocycles. The van der Waals surface area contributed by atoms with Crippen molar-refractivity contribution < 1.29 is 26.4 Å². The standard InChI is InChI=1S/C28H35ClN2O3S.C27H33N3O3S/c1-18-10-12-23(25(14-18)30-26(32)17-29)24-16-20-15-21(35(33,34)31-28(2,3)4)11-13-22(20)27(24)19-8-6-5-7-9-19;1-17-10-12-20-22(14-17)28-24(31)16-30-23-15-19(34(32,33)29-27(2,3)4)11-13-21(23)25(26(20)30)18-8-6-5-7-9-18/h10-15,19,31H,5-9,16-17H2,1-4H3,(H,30,32);10-15,18,29H,5-9,16H2,1-4H3,(H,28,31). The van der Waals surface area contributed by atoms with Gasteiger partial charge in [-0.05, 0) is 175 Å². The van der Waals surface area contributed by atoms with E-state index < -0.39 is 31.1 Å². The predicted octanol–water partition coefficient (Wildman–Crippen LogP) is 12.0. The highest BCUT2D eigenvalue weighted by molar-refractivity contribution is 7.89. The molecule has 1 aromatic heterocycles. The fourth-order valence-corrected chi connectivity index (χ4v) is 13.9. The third kappa shape index (κ3) is 11.2. The molecule has 1 aliphatic heterocycles. The number of halogens is 1. The summed E-state index contributed by atoms with van der Waals surface area (Å²) < 4.78 is 59.9. The summed E-state index contributed by atoms with van der Waals surface area (Å²) in [6.45, 7) is 15.2. The minimum absolute atomic E-state index is 0.0984. The Kier molecular flexibility index (Phi) is 14.5. The summed E-state index contributed by atoms with van der Waals surface area (Å²) in [6.07, 6.45) is 12.4. The molecule has 9 rings (SSSR count). The van der Waals surface area contributed by atoms with Crippen molar-refractivity contribution in [3.63, 3.8) is 0 Å². The van der Waals surface area contributed by atoms with Crippen LogP contribution in [0.3, 0.4) is 0 Å². The lowest BCUT2D eigenvalue weighted by atomic mass is 9.79. The van der Waals surface area contributed by atoms with E-state index in [2.05, 4.69) is 44.3 Å². The molecule has 2 saturated carbocycles. The summed E-state index contributed by atoms with van der Waals surface area (Å²) in [4.78, 5) is 25.7. The topological polar surface area (TPSA) is 155 Å². The number of carbonyl (C=O) groups is 2. The molecule has 0 radical (unpaired) electrons. The van der Waals surface area contributed by atoms with Crippen LogP contribution in [-0.4, -0.2) is 50.2 Å². The van der Waals surface area contributed by atoms with Crippen LogP contribution >= 0.6 is 11.6 Å². The van der Waals surface area contributed by atoms with Gasteiger partial charge in [0.25, 0.3) is 0 Å². The SMILES string of the molecule is Cc1ccc(C2=C(C3CCCCC3)c3ccc(S(=O)(=O)NC(C)(C)C)cc3C2)c(NC(=O)CCl)c1.Cc1ccc2c(c1)NC(=O)Cn1c-2c(C2CCCCC2)c2ccc(S(=O)(=O)NC(C)(C)C)cc21. The van der Waals surface area contributed by atoms with Gasteiger partial charge >= 0.3 is 0 Å². The molecule has 2 heterocycles. The highest BCUT2D eigenvalue weighted by Gasteiger charge is 2.34. The van der Waals surface area contributed by atoms with Crippen molar-refractivity contribution in [1.29, 1.82) is 0 Å². The molecule has 11 nitrogen and oxygen atoms in total. The fourth-order valence-electron chi connectivity index (χ4n) is 10.9. The highest BCUT2D eigenvalue weighted by atomic mass is 35.5. The first-order chi connectivity index (χ1) is 32.5. The van der Waals surface area contributed by atoms with Crippen molar-refractivity contribution >= 4 is 76.9 Å². The van der Waals surface area contributed by atoms with E-state index in [-0.39, 0.29) is 34.0 Å². The number of nitrogens with zero attached hydrogens (tertiary/aromatic N) is 1. The Hall–Kier alpha value is -4.79. The van der Waals surface area contributed by atoms with Gasteiger partial charge in [-0.3, -0.25) is 9.59 Å². The number of fused-ring (bicyclic) bond motifs is 6. The van der Waals surface area contributed by atoms with Gasteiger partial charge in [0.1, 0.15) is 12.4 Å². The van der Waals surface area contributed by atoms with Gasteiger partial charge in [-0.15, -0.1) is 11.6 Å². The van der Waals surface area contributed by atoms with E-state index >= 15 is 0 Å². The van der Waals surface area contributed by atoms with Crippen molar-refractivity contribution in [1.82, 2.24) is 14.0 Å². The van der Waals surface area contributed by atoms with E-state index in [4.69, 9.17) is 11.6 Å². The number of nitrogens with one attached hydrogen (secondary N) is 4. The number of hydrogen-bond acceptors (Lipinski definition) is 6. The number of benzene rings is 4. The van der Waals surface area contributed by atoms with Crippen LogP contribution in [0.1, 0.15) is 145 Å². The summed E-state index contributed by atoms with van der Waals surface area (Å²) in [5.41, 5.74) is 12.3. The lowest BCUT2D eigenvalue weighted by Gasteiger charge is -2.26. The molecule has 2 amide bonds. The van der Waals surface area contributed by atoms with Crippen molar-refractivity contribution in [2.75, 3.05) is 16.5 Å². The van der Waals surface area contributed by atoms with Crippen LogP contribution in [0, 0.1) is 19.8 Å². The van der Waals surface area contributed by atoms with E-state index in [0.717, 1.165) is 87.0 Å². The highest BCUT2D eigenvalue weighted by Crippen LogP contribution is 2.50. The maximum Gasteiger partial charge on any atom is 0.244 e.